The molecule has 1 saturated heterocycles. The van der Waals surface area contributed by atoms with Crippen LogP contribution in [0.15, 0.2) is 15.8 Å². The standard InChI is InChI=1S/C12H17N3O5/c1-6-4-15(12(19)14-11(6)18)10-3-8(13-7(2)17)9(5-16)20-10/h4,8-10,16H,3,5H2,1-2H3,(H,13,17)(H,14,18,19)/t8?,9-,10-/m1/s1. The summed E-state index contributed by atoms with van der Waals surface area (Å²) in [5.41, 5.74) is -0.635. The van der Waals surface area contributed by atoms with Crippen LogP contribution < -0.4 is 16.6 Å². The topological polar surface area (TPSA) is 113 Å². The van der Waals surface area contributed by atoms with Gasteiger partial charge in [-0.2, -0.15) is 0 Å². The highest BCUT2D eigenvalue weighted by Crippen LogP contribution is 2.27. The number of hydrogen-bond donors (Lipinski definition) is 3. The maximum Gasteiger partial charge on any atom is 0.330 e. The lowest BCUT2D eigenvalue weighted by Gasteiger charge is -2.16. The van der Waals surface area contributed by atoms with Crippen LogP contribution in [0.1, 0.15) is 25.1 Å². The number of carbonyl (C=O) groups is 1. The van der Waals surface area contributed by atoms with Gasteiger partial charge >= 0.3 is 5.69 Å². The van der Waals surface area contributed by atoms with Crippen LogP contribution in [0.5, 0.6) is 0 Å². The van der Waals surface area contributed by atoms with Crippen molar-refractivity contribution in [1.29, 1.82) is 0 Å². The predicted octanol–water partition coefficient (Wildman–Crippen LogP) is -1.37. The summed E-state index contributed by atoms with van der Waals surface area (Å²) in [5.74, 6) is -0.234. The highest BCUT2D eigenvalue weighted by molar-refractivity contribution is 5.73. The van der Waals surface area contributed by atoms with Gasteiger partial charge in [-0.25, -0.2) is 4.79 Å². The second kappa shape index (κ2) is 5.59. The molecule has 3 N–H and O–H groups in total. The molecule has 0 saturated carbocycles. The Morgan fingerprint density at radius 2 is 2.30 bits per heavy atom. The molecule has 8 nitrogen and oxygen atoms in total. The molecule has 1 amide bonds. The summed E-state index contributed by atoms with van der Waals surface area (Å²) in [6.07, 6.45) is 0.544. The van der Waals surface area contributed by atoms with E-state index in [-0.39, 0.29) is 18.6 Å². The minimum absolute atomic E-state index is 0.234. The molecule has 1 aliphatic heterocycles. The van der Waals surface area contributed by atoms with Crippen LogP contribution >= 0.6 is 0 Å². The molecule has 1 fully saturated rings. The molecule has 3 atom stereocenters. The molecule has 0 radical (unpaired) electrons. The van der Waals surface area contributed by atoms with E-state index >= 15 is 0 Å². The van der Waals surface area contributed by atoms with Crippen molar-refractivity contribution >= 4 is 5.91 Å². The quantitative estimate of drug-likeness (QED) is 0.633. The lowest BCUT2D eigenvalue weighted by molar-refractivity contribution is -0.120. The molecule has 1 aliphatic rings. The average Bonchev–Trinajstić information content (AvgIpc) is 2.75. The number of aliphatic hydroxyl groups is 1. The van der Waals surface area contributed by atoms with E-state index < -0.39 is 23.6 Å². The van der Waals surface area contributed by atoms with Crippen molar-refractivity contribution in [3.8, 4) is 0 Å². The number of hydrogen-bond acceptors (Lipinski definition) is 5. The largest absolute Gasteiger partial charge is 0.394 e. The van der Waals surface area contributed by atoms with Gasteiger partial charge in [-0.1, -0.05) is 0 Å². The monoisotopic (exact) mass is 283 g/mol. The molecule has 1 aromatic heterocycles. The highest BCUT2D eigenvalue weighted by atomic mass is 16.5. The maximum absolute atomic E-state index is 11.8. The van der Waals surface area contributed by atoms with E-state index in [1.54, 1.807) is 6.92 Å². The molecular weight excluding hydrogens is 266 g/mol. The molecule has 8 heteroatoms. The first-order chi connectivity index (χ1) is 9.42. The number of H-pyrrole nitrogens is 1. The third kappa shape index (κ3) is 2.81. The normalized spacial score (nSPS) is 25.6. The summed E-state index contributed by atoms with van der Waals surface area (Å²) in [7, 11) is 0. The molecular formula is C12H17N3O5. The summed E-state index contributed by atoms with van der Waals surface area (Å²) >= 11 is 0. The van der Waals surface area contributed by atoms with E-state index in [1.165, 1.54) is 17.7 Å². The van der Waals surface area contributed by atoms with Crippen LogP contribution in [0.4, 0.5) is 0 Å². The highest BCUT2D eigenvalue weighted by Gasteiger charge is 2.36. The summed E-state index contributed by atoms with van der Waals surface area (Å²) in [6, 6.07) is -0.373. The first-order valence-electron chi connectivity index (χ1n) is 6.28. The summed E-state index contributed by atoms with van der Waals surface area (Å²) in [5, 5.41) is 11.9. The Balaban J connectivity index is 2.27. The number of nitrogens with zero attached hydrogens (tertiary/aromatic N) is 1. The molecule has 1 unspecified atom stereocenters. The number of rotatable bonds is 3. The smallest absolute Gasteiger partial charge is 0.330 e. The van der Waals surface area contributed by atoms with Crippen molar-refractivity contribution in [3.63, 3.8) is 0 Å². The van der Waals surface area contributed by atoms with Crippen molar-refractivity contribution < 1.29 is 14.6 Å². The SMILES string of the molecule is CC(=O)NC1C[C@H](n2cc(C)c(=O)[nH]c2=O)O[C@@H]1CO. The number of aromatic nitrogens is 2. The second-order valence-electron chi connectivity index (χ2n) is 4.83. The van der Waals surface area contributed by atoms with Gasteiger partial charge in [0.15, 0.2) is 0 Å². The molecule has 0 bridgehead atoms. The average molecular weight is 283 g/mol. The molecule has 1 aromatic rings. The predicted molar refractivity (Wildman–Crippen MR) is 69.3 cm³/mol. The number of aromatic amines is 1. The van der Waals surface area contributed by atoms with E-state index in [2.05, 4.69) is 10.3 Å². The molecule has 2 heterocycles. The number of aliphatic hydroxyl groups excluding tert-OH is 1. The molecule has 0 aliphatic carbocycles. The van der Waals surface area contributed by atoms with Gasteiger partial charge in [0.2, 0.25) is 5.91 Å². The van der Waals surface area contributed by atoms with Crippen LogP contribution in [0, 0.1) is 6.92 Å². The second-order valence-corrected chi connectivity index (χ2v) is 4.83. The zero-order valence-corrected chi connectivity index (χ0v) is 11.3. The van der Waals surface area contributed by atoms with Gasteiger partial charge in [-0.15, -0.1) is 0 Å². The number of carbonyl (C=O) groups excluding carboxylic acids is 1. The first-order valence-corrected chi connectivity index (χ1v) is 6.28. The molecule has 2 rings (SSSR count). The number of ether oxygens (including phenoxy) is 1. The van der Waals surface area contributed by atoms with Crippen molar-refractivity contribution in [1.82, 2.24) is 14.9 Å². The lowest BCUT2D eigenvalue weighted by Crippen LogP contribution is -2.40. The van der Waals surface area contributed by atoms with E-state index in [1.807, 2.05) is 0 Å². The van der Waals surface area contributed by atoms with E-state index in [9.17, 15) is 19.5 Å². The Hall–Kier alpha value is -1.93. The molecule has 0 aromatic carbocycles. The van der Waals surface area contributed by atoms with Crippen molar-refractivity contribution in [3.05, 3.63) is 32.6 Å². The third-order valence-electron chi connectivity index (χ3n) is 3.26. The number of aryl methyl sites for hydroxylation is 1. The molecule has 110 valence electrons. The zero-order chi connectivity index (χ0) is 14.9. The van der Waals surface area contributed by atoms with Gasteiger partial charge in [0.1, 0.15) is 12.3 Å². The van der Waals surface area contributed by atoms with E-state index in [0.29, 0.717) is 12.0 Å². The maximum atomic E-state index is 11.8. The van der Waals surface area contributed by atoms with Crippen LogP contribution in [0.2, 0.25) is 0 Å². The van der Waals surface area contributed by atoms with Crippen LogP contribution in [0.3, 0.4) is 0 Å². The fourth-order valence-corrected chi connectivity index (χ4v) is 2.28. The lowest BCUT2D eigenvalue weighted by atomic mass is 10.1. The van der Waals surface area contributed by atoms with Crippen LogP contribution in [0.25, 0.3) is 0 Å². The van der Waals surface area contributed by atoms with Crippen LogP contribution in [-0.2, 0) is 9.53 Å². The Bertz CT molecular complexity index is 620. The first kappa shape index (κ1) is 14.5. The fourth-order valence-electron chi connectivity index (χ4n) is 2.28. The zero-order valence-electron chi connectivity index (χ0n) is 11.3. The minimum Gasteiger partial charge on any atom is -0.394 e. The molecule has 20 heavy (non-hydrogen) atoms. The minimum atomic E-state index is -0.632. The van der Waals surface area contributed by atoms with Gasteiger partial charge in [0, 0.05) is 25.1 Å². The van der Waals surface area contributed by atoms with Gasteiger partial charge in [0.25, 0.3) is 5.56 Å². The van der Waals surface area contributed by atoms with Gasteiger partial charge in [0.05, 0.1) is 12.6 Å². The van der Waals surface area contributed by atoms with Crippen molar-refractivity contribution in [2.45, 2.75) is 38.6 Å². The Kier molecular flexibility index (Phi) is 4.05. The summed E-state index contributed by atoms with van der Waals surface area (Å²) in [6.45, 7) is 2.69. The van der Waals surface area contributed by atoms with Crippen molar-refractivity contribution in [2.24, 2.45) is 0 Å². The fraction of sp³-hybridized carbons (Fsp3) is 0.583. The molecule has 0 spiro atoms. The Morgan fingerprint density at radius 3 is 2.90 bits per heavy atom. The Morgan fingerprint density at radius 1 is 1.60 bits per heavy atom. The van der Waals surface area contributed by atoms with Crippen molar-refractivity contribution in [2.75, 3.05) is 6.61 Å². The van der Waals surface area contributed by atoms with Gasteiger partial charge in [-0.3, -0.25) is 19.1 Å². The van der Waals surface area contributed by atoms with E-state index in [4.69, 9.17) is 4.74 Å². The summed E-state index contributed by atoms with van der Waals surface area (Å²) < 4.78 is 6.83. The Labute approximate surface area is 114 Å². The third-order valence-corrected chi connectivity index (χ3v) is 3.26. The van der Waals surface area contributed by atoms with Gasteiger partial charge < -0.3 is 15.2 Å². The van der Waals surface area contributed by atoms with Crippen LogP contribution in [-0.4, -0.2) is 39.3 Å². The summed E-state index contributed by atoms with van der Waals surface area (Å²) in [4.78, 5) is 36.4. The van der Waals surface area contributed by atoms with Gasteiger partial charge in [-0.05, 0) is 6.92 Å². The van der Waals surface area contributed by atoms with E-state index in [0.717, 1.165) is 0 Å². The number of amides is 1. The number of nitrogens with one attached hydrogen (secondary N) is 2.